The average Bonchev–Trinajstić information content (AvgIpc) is 1.83. The van der Waals surface area contributed by atoms with Crippen molar-refractivity contribution in [2.45, 2.75) is 0 Å². The zero-order chi connectivity index (χ0) is 6.85. The molecule has 44 valence electrons. The molecule has 0 bridgehead atoms. The van der Waals surface area contributed by atoms with Crippen LogP contribution in [0.15, 0.2) is 16.9 Å². The first kappa shape index (κ1) is 6.75. The predicted octanol–water partition coefficient (Wildman–Crippen LogP) is 1.96. The van der Waals surface area contributed by atoms with Crippen molar-refractivity contribution in [3.8, 4) is 0 Å². The first-order valence-electron chi connectivity index (χ1n) is 2.37. The Bertz CT molecular complexity index is 200. The maximum Gasteiger partial charge on any atom is 0.109 e. The van der Waals surface area contributed by atoms with Crippen LogP contribution in [0, 0.1) is 13.8 Å². The highest BCUT2D eigenvalue weighted by atomic mass is 79.9. The van der Waals surface area contributed by atoms with Crippen LogP contribution in [0.5, 0.6) is 0 Å². The van der Waals surface area contributed by atoms with Gasteiger partial charge in [0.25, 0.3) is 0 Å². The van der Waals surface area contributed by atoms with Crippen LogP contribution in [0.2, 0.25) is 0 Å². The standard InChI is InChI=1S/C7H4BrN/c1-5-3-4-9-7(8)6(5)2/h1-4H. The van der Waals surface area contributed by atoms with Crippen molar-refractivity contribution in [2.24, 2.45) is 0 Å². The third kappa shape index (κ3) is 1.30. The quantitative estimate of drug-likeness (QED) is 0.559. The van der Waals surface area contributed by atoms with Gasteiger partial charge in [-0.2, -0.15) is 0 Å². The molecule has 0 N–H and O–H groups in total. The molecule has 0 fully saturated rings. The third-order valence-corrected chi connectivity index (χ3v) is 1.61. The smallest absolute Gasteiger partial charge is 0.109 e. The van der Waals surface area contributed by atoms with Crippen LogP contribution in [0.25, 0.3) is 0 Å². The fourth-order valence-corrected chi connectivity index (χ4v) is 0.809. The molecule has 4 radical (unpaired) electrons. The number of rotatable bonds is 0. The lowest BCUT2D eigenvalue weighted by atomic mass is 10.2. The summed E-state index contributed by atoms with van der Waals surface area (Å²) in [6.07, 6.45) is 1.59. The second kappa shape index (κ2) is 2.48. The molecule has 0 aliphatic heterocycles. The fourth-order valence-electron chi connectivity index (χ4n) is 0.461. The van der Waals surface area contributed by atoms with Gasteiger partial charge in [-0.1, -0.05) is 0 Å². The van der Waals surface area contributed by atoms with Crippen LogP contribution in [0.4, 0.5) is 0 Å². The molecule has 2 heteroatoms. The summed E-state index contributed by atoms with van der Waals surface area (Å²) in [5.74, 6) is 0. The van der Waals surface area contributed by atoms with Crippen molar-refractivity contribution in [1.82, 2.24) is 4.98 Å². The molecule has 1 aromatic heterocycles. The van der Waals surface area contributed by atoms with Crippen molar-refractivity contribution in [3.63, 3.8) is 0 Å². The minimum atomic E-state index is 0.498. The molecule has 9 heavy (non-hydrogen) atoms. The lowest BCUT2D eigenvalue weighted by Crippen LogP contribution is -1.83. The summed E-state index contributed by atoms with van der Waals surface area (Å²) >= 11 is 3.13. The normalized spacial score (nSPS) is 9.67. The Balaban J connectivity index is 3.25. The van der Waals surface area contributed by atoms with Crippen molar-refractivity contribution >= 4 is 15.9 Å². The van der Waals surface area contributed by atoms with Gasteiger partial charge in [0.15, 0.2) is 0 Å². The van der Waals surface area contributed by atoms with E-state index in [-0.39, 0.29) is 0 Å². The molecule has 0 saturated heterocycles. The van der Waals surface area contributed by atoms with Gasteiger partial charge in [-0.15, -0.1) is 0 Å². The molecule has 1 rings (SSSR count). The Kier molecular flexibility index (Phi) is 1.86. The third-order valence-electron chi connectivity index (χ3n) is 0.975. The van der Waals surface area contributed by atoms with E-state index in [1.807, 2.05) is 0 Å². The molecule has 1 aromatic rings. The second-order valence-corrected chi connectivity index (χ2v) is 2.36. The summed E-state index contributed by atoms with van der Waals surface area (Å²) in [5, 5.41) is 0. The molecular weight excluding hydrogens is 178 g/mol. The fraction of sp³-hybridized carbons (Fsp3) is 0. The number of hydrogen-bond acceptors (Lipinski definition) is 1. The van der Waals surface area contributed by atoms with Crippen molar-refractivity contribution < 1.29 is 0 Å². The average molecular weight is 182 g/mol. The monoisotopic (exact) mass is 181 g/mol. The zero-order valence-electron chi connectivity index (χ0n) is 4.63. The Morgan fingerprint density at radius 3 is 2.56 bits per heavy atom. The van der Waals surface area contributed by atoms with E-state index in [1.54, 1.807) is 12.3 Å². The van der Waals surface area contributed by atoms with Crippen LogP contribution in [0.3, 0.4) is 0 Å². The van der Waals surface area contributed by atoms with Gasteiger partial charge in [0, 0.05) is 13.1 Å². The highest BCUT2D eigenvalue weighted by Crippen LogP contribution is 2.14. The molecule has 0 aliphatic carbocycles. The van der Waals surface area contributed by atoms with Gasteiger partial charge >= 0.3 is 0 Å². The number of aromatic nitrogens is 1. The minimum absolute atomic E-state index is 0.498. The lowest BCUT2D eigenvalue weighted by molar-refractivity contribution is 1.23. The van der Waals surface area contributed by atoms with E-state index >= 15 is 0 Å². The van der Waals surface area contributed by atoms with Gasteiger partial charge in [0.2, 0.25) is 0 Å². The summed E-state index contributed by atoms with van der Waals surface area (Å²) < 4.78 is 0.600. The Morgan fingerprint density at radius 2 is 2.11 bits per heavy atom. The van der Waals surface area contributed by atoms with Crippen LogP contribution < -0.4 is 0 Å². The highest BCUT2D eigenvalue weighted by molar-refractivity contribution is 9.10. The first-order chi connectivity index (χ1) is 4.22. The number of pyridine rings is 1. The number of hydrogen-bond donors (Lipinski definition) is 0. The van der Waals surface area contributed by atoms with Crippen LogP contribution in [-0.4, -0.2) is 4.98 Å². The Morgan fingerprint density at radius 1 is 1.44 bits per heavy atom. The van der Waals surface area contributed by atoms with E-state index in [9.17, 15) is 0 Å². The van der Waals surface area contributed by atoms with Gasteiger partial charge in [-0.3, -0.25) is 0 Å². The van der Waals surface area contributed by atoms with Gasteiger partial charge in [-0.25, -0.2) is 4.98 Å². The molecule has 1 heterocycles. The van der Waals surface area contributed by atoms with Crippen LogP contribution in [-0.2, 0) is 0 Å². The van der Waals surface area contributed by atoms with Gasteiger partial charge < -0.3 is 0 Å². The van der Waals surface area contributed by atoms with Gasteiger partial charge in [0.1, 0.15) is 4.60 Å². The minimum Gasteiger partial charge on any atom is -0.249 e. The van der Waals surface area contributed by atoms with Gasteiger partial charge in [-0.05, 0) is 40.0 Å². The topological polar surface area (TPSA) is 12.9 Å². The summed E-state index contributed by atoms with van der Waals surface area (Å²) in [4.78, 5) is 3.85. The Labute approximate surface area is 63.2 Å². The molecule has 0 unspecified atom stereocenters. The molecule has 0 saturated carbocycles. The van der Waals surface area contributed by atoms with E-state index in [4.69, 9.17) is 13.8 Å². The van der Waals surface area contributed by atoms with E-state index in [2.05, 4.69) is 20.9 Å². The van der Waals surface area contributed by atoms with E-state index in [0.717, 1.165) is 0 Å². The molecular formula is C7H4BrN. The van der Waals surface area contributed by atoms with Gasteiger partial charge in [0.05, 0.1) is 0 Å². The molecule has 0 atom stereocenters. The summed E-state index contributed by atoms with van der Waals surface area (Å²) in [6.45, 7) is 10.9. The first-order valence-corrected chi connectivity index (χ1v) is 3.16. The number of halogens is 1. The highest BCUT2D eigenvalue weighted by Gasteiger charge is 1.95. The summed E-state index contributed by atoms with van der Waals surface area (Å²) in [6, 6.07) is 1.65. The van der Waals surface area contributed by atoms with Crippen molar-refractivity contribution in [2.75, 3.05) is 0 Å². The van der Waals surface area contributed by atoms with Crippen LogP contribution >= 0.6 is 15.9 Å². The molecule has 0 aromatic carbocycles. The predicted molar refractivity (Wildman–Crippen MR) is 38.7 cm³/mol. The molecule has 0 aliphatic rings. The second-order valence-electron chi connectivity index (χ2n) is 1.60. The maximum atomic E-state index is 5.45. The number of nitrogens with zero attached hydrogens (tertiary/aromatic N) is 1. The molecule has 0 spiro atoms. The lowest BCUT2D eigenvalue weighted by Gasteiger charge is -1.97. The van der Waals surface area contributed by atoms with E-state index in [1.165, 1.54) is 0 Å². The van der Waals surface area contributed by atoms with E-state index in [0.29, 0.717) is 15.7 Å². The summed E-state index contributed by atoms with van der Waals surface area (Å²) in [7, 11) is 0. The SMILES string of the molecule is [CH]c1ccnc(Br)c1[CH]. The maximum absolute atomic E-state index is 5.45. The largest absolute Gasteiger partial charge is 0.249 e. The van der Waals surface area contributed by atoms with E-state index < -0.39 is 0 Å². The van der Waals surface area contributed by atoms with Crippen LogP contribution in [0.1, 0.15) is 11.1 Å². The summed E-state index contributed by atoms with van der Waals surface area (Å²) in [5.41, 5.74) is 1.05. The van der Waals surface area contributed by atoms with Crippen molar-refractivity contribution in [3.05, 3.63) is 41.8 Å². The van der Waals surface area contributed by atoms with Crippen molar-refractivity contribution in [1.29, 1.82) is 0 Å². The molecule has 1 nitrogen and oxygen atoms in total. The Hall–Kier alpha value is -0.370. The zero-order valence-corrected chi connectivity index (χ0v) is 6.22. The molecule has 0 amide bonds.